The summed E-state index contributed by atoms with van der Waals surface area (Å²) in [5, 5.41) is 0.520. The van der Waals surface area contributed by atoms with Crippen LogP contribution in [0, 0.1) is 17.8 Å². The first-order valence-electron chi connectivity index (χ1n) is 4.72. The molecule has 15 heavy (non-hydrogen) atoms. The van der Waals surface area contributed by atoms with Gasteiger partial charge in [0.15, 0.2) is 5.13 Å². The SMILES string of the molecule is Nc1nc2cnc(C#CC3CC3)nc2s1. The molecule has 2 N–H and O–H groups in total. The molecular weight excluding hydrogens is 208 g/mol. The highest BCUT2D eigenvalue weighted by atomic mass is 32.1. The summed E-state index contributed by atoms with van der Waals surface area (Å²) in [7, 11) is 0. The second-order valence-electron chi connectivity index (χ2n) is 3.48. The zero-order valence-electron chi connectivity index (χ0n) is 7.90. The lowest BCUT2D eigenvalue weighted by molar-refractivity contribution is 1.15. The fourth-order valence-electron chi connectivity index (χ4n) is 1.21. The summed E-state index contributed by atoms with van der Waals surface area (Å²) in [6.45, 7) is 0. The van der Waals surface area contributed by atoms with Gasteiger partial charge in [0.2, 0.25) is 5.82 Å². The van der Waals surface area contributed by atoms with Crippen LogP contribution >= 0.6 is 11.3 Å². The van der Waals surface area contributed by atoms with Crippen molar-refractivity contribution in [2.45, 2.75) is 12.8 Å². The summed E-state index contributed by atoms with van der Waals surface area (Å²) in [6, 6.07) is 0. The summed E-state index contributed by atoms with van der Waals surface area (Å²) >= 11 is 1.36. The maximum absolute atomic E-state index is 5.58. The van der Waals surface area contributed by atoms with Crippen LogP contribution in [-0.4, -0.2) is 15.0 Å². The second-order valence-corrected chi connectivity index (χ2v) is 4.49. The number of nitrogens with zero attached hydrogens (tertiary/aromatic N) is 3. The summed E-state index contributed by atoms with van der Waals surface area (Å²) < 4.78 is 0. The van der Waals surface area contributed by atoms with Crippen LogP contribution in [0.3, 0.4) is 0 Å². The van der Waals surface area contributed by atoms with Crippen molar-refractivity contribution in [1.82, 2.24) is 15.0 Å². The van der Waals surface area contributed by atoms with Gasteiger partial charge in [-0.15, -0.1) is 0 Å². The van der Waals surface area contributed by atoms with Gasteiger partial charge in [0.05, 0.1) is 6.20 Å². The van der Waals surface area contributed by atoms with Crippen LogP contribution in [0.4, 0.5) is 5.13 Å². The van der Waals surface area contributed by atoms with Gasteiger partial charge in [-0.05, 0) is 18.8 Å². The van der Waals surface area contributed by atoms with E-state index in [4.69, 9.17) is 5.73 Å². The lowest BCUT2D eigenvalue weighted by Crippen LogP contribution is -1.87. The molecule has 2 heterocycles. The van der Waals surface area contributed by atoms with E-state index in [-0.39, 0.29) is 0 Å². The average Bonchev–Trinajstić information content (AvgIpc) is 2.96. The van der Waals surface area contributed by atoms with Crippen molar-refractivity contribution in [1.29, 1.82) is 0 Å². The van der Waals surface area contributed by atoms with Gasteiger partial charge in [0, 0.05) is 5.92 Å². The van der Waals surface area contributed by atoms with Crippen LogP contribution < -0.4 is 5.73 Å². The van der Waals surface area contributed by atoms with E-state index in [1.807, 2.05) is 0 Å². The number of fused-ring (bicyclic) bond motifs is 1. The first kappa shape index (κ1) is 8.62. The van der Waals surface area contributed by atoms with E-state index in [0.717, 1.165) is 10.3 Å². The highest BCUT2D eigenvalue weighted by molar-refractivity contribution is 7.21. The van der Waals surface area contributed by atoms with Gasteiger partial charge in [-0.25, -0.2) is 15.0 Å². The number of hydrogen-bond donors (Lipinski definition) is 1. The Hall–Kier alpha value is -1.67. The van der Waals surface area contributed by atoms with Gasteiger partial charge in [-0.1, -0.05) is 17.3 Å². The Balaban J connectivity index is 2.02. The van der Waals surface area contributed by atoms with Crippen molar-refractivity contribution in [2.75, 3.05) is 5.73 Å². The monoisotopic (exact) mass is 216 g/mol. The number of thiazole rings is 1. The highest BCUT2D eigenvalue weighted by Gasteiger charge is 2.17. The van der Waals surface area contributed by atoms with Crippen LogP contribution in [-0.2, 0) is 0 Å². The third kappa shape index (κ3) is 1.76. The van der Waals surface area contributed by atoms with Crippen LogP contribution in [0.1, 0.15) is 18.7 Å². The molecule has 74 valence electrons. The molecule has 5 heteroatoms. The second kappa shape index (κ2) is 3.17. The minimum absolute atomic E-state index is 0.520. The molecular formula is C10H8N4S. The molecule has 2 aromatic heterocycles. The molecule has 2 aromatic rings. The van der Waals surface area contributed by atoms with Gasteiger partial charge >= 0.3 is 0 Å². The Morgan fingerprint density at radius 2 is 2.27 bits per heavy atom. The molecule has 0 bridgehead atoms. The maximum atomic E-state index is 5.58. The Kier molecular flexibility index (Phi) is 1.82. The van der Waals surface area contributed by atoms with Gasteiger partial charge < -0.3 is 5.73 Å². The van der Waals surface area contributed by atoms with E-state index in [2.05, 4.69) is 26.8 Å². The molecule has 1 aliphatic carbocycles. The van der Waals surface area contributed by atoms with Crippen molar-refractivity contribution >= 4 is 26.8 Å². The van der Waals surface area contributed by atoms with E-state index in [1.54, 1.807) is 6.20 Å². The molecule has 0 saturated heterocycles. The molecule has 0 atom stereocenters. The molecule has 0 spiro atoms. The normalized spacial score (nSPS) is 14.9. The van der Waals surface area contributed by atoms with E-state index < -0.39 is 0 Å². The van der Waals surface area contributed by atoms with Crippen molar-refractivity contribution < 1.29 is 0 Å². The Bertz CT molecular complexity index is 574. The largest absolute Gasteiger partial charge is 0.375 e. The zero-order valence-corrected chi connectivity index (χ0v) is 8.71. The van der Waals surface area contributed by atoms with Crippen molar-refractivity contribution in [2.24, 2.45) is 5.92 Å². The summed E-state index contributed by atoms with van der Waals surface area (Å²) in [4.78, 5) is 13.3. The van der Waals surface area contributed by atoms with Gasteiger partial charge in [-0.2, -0.15) is 0 Å². The minimum atomic E-state index is 0.520. The van der Waals surface area contributed by atoms with Crippen molar-refractivity contribution in [3.8, 4) is 11.8 Å². The van der Waals surface area contributed by atoms with Crippen LogP contribution in [0.2, 0.25) is 0 Å². The quantitative estimate of drug-likeness (QED) is 0.676. The topological polar surface area (TPSA) is 64.7 Å². The van der Waals surface area contributed by atoms with Crippen LogP contribution in [0.15, 0.2) is 6.20 Å². The number of hydrogen-bond acceptors (Lipinski definition) is 5. The molecule has 0 unspecified atom stereocenters. The molecule has 1 fully saturated rings. The third-order valence-corrected chi connectivity index (χ3v) is 2.93. The smallest absolute Gasteiger partial charge is 0.206 e. The van der Waals surface area contributed by atoms with Gasteiger partial charge in [-0.3, -0.25) is 0 Å². The first-order valence-corrected chi connectivity index (χ1v) is 5.53. The van der Waals surface area contributed by atoms with E-state index >= 15 is 0 Å². The Morgan fingerprint density at radius 1 is 1.40 bits per heavy atom. The fraction of sp³-hybridized carbons (Fsp3) is 0.300. The predicted octanol–water partition coefficient (Wildman–Crippen LogP) is 1.43. The van der Waals surface area contributed by atoms with E-state index in [9.17, 15) is 0 Å². The van der Waals surface area contributed by atoms with Crippen molar-refractivity contribution in [3.05, 3.63) is 12.0 Å². The molecule has 1 aliphatic rings. The van der Waals surface area contributed by atoms with Gasteiger partial charge in [0.1, 0.15) is 10.3 Å². The van der Waals surface area contributed by atoms with Crippen LogP contribution in [0.25, 0.3) is 10.3 Å². The molecule has 0 aromatic carbocycles. The van der Waals surface area contributed by atoms with E-state index in [1.165, 1.54) is 24.2 Å². The maximum Gasteiger partial charge on any atom is 0.206 e. The Morgan fingerprint density at radius 3 is 3.07 bits per heavy atom. The van der Waals surface area contributed by atoms with Crippen molar-refractivity contribution in [3.63, 3.8) is 0 Å². The number of nitrogens with two attached hydrogens (primary N) is 1. The standard InChI is InChI=1S/C10H8N4S/c11-10-13-7-5-12-8(14-9(7)15-10)4-3-6-1-2-6/h5-6H,1-2H2,(H2,11,13). The Labute approximate surface area is 90.6 Å². The van der Waals surface area contributed by atoms with Crippen LogP contribution in [0.5, 0.6) is 0 Å². The minimum Gasteiger partial charge on any atom is -0.375 e. The summed E-state index contributed by atoms with van der Waals surface area (Å²) in [5.74, 6) is 7.23. The molecule has 0 aliphatic heterocycles. The predicted molar refractivity (Wildman–Crippen MR) is 59.2 cm³/mol. The molecule has 4 nitrogen and oxygen atoms in total. The molecule has 3 rings (SSSR count). The number of nitrogen functional groups attached to an aromatic ring is 1. The van der Waals surface area contributed by atoms with Gasteiger partial charge in [0.25, 0.3) is 0 Å². The highest BCUT2D eigenvalue weighted by Crippen LogP contribution is 2.27. The summed E-state index contributed by atoms with van der Waals surface area (Å²) in [5.41, 5.74) is 6.32. The summed E-state index contributed by atoms with van der Waals surface area (Å²) in [6.07, 6.45) is 4.09. The first-order chi connectivity index (χ1) is 7.31. The number of aromatic nitrogens is 3. The third-order valence-electron chi connectivity index (χ3n) is 2.13. The lowest BCUT2D eigenvalue weighted by Gasteiger charge is -1.87. The molecule has 0 amide bonds. The van der Waals surface area contributed by atoms with E-state index in [0.29, 0.717) is 16.9 Å². The molecule has 0 radical (unpaired) electrons. The fourth-order valence-corrected chi connectivity index (χ4v) is 1.88. The number of anilines is 1. The number of rotatable bonds is 0. The average molecular weight is 216 g/mol. The molecule has 1 saturated carbocycles. The zero-order chi connectivity index (χ0) is 10.3. The lowest BCUT2D eigenvalue weighted by atomic mass is 10.4.